The van der Waals surface area contributed by atoms with Gasteiger partial charge in [-0.15, -0.1) is 0 Å². The predicted molar refractivity (Wildman–Crippen MR) is 89.8 cm³/mol. The highest BCUT2D eigenvalue weighted by atomic mass is 16.5. The number of hydrogen-bond acceptors (Lipinski definition) is 4. The summed E-state index contributed by atoms with van der Waals surface area (Å²) in [6.07, 6.45) is 4.15. The molecule has 1 amide bonds. The monoisotopic (exact) mass is 313 g/mol. The Morgan fingerprint density at radius 1 is 1.43 bits per heavy atom. The van der Waals surface area contributed by atoms with Crippen LogP contribution < -0.4 is 5.73 Å². The highest BCUT2D eigenvalue weighted by Crippen LogP contribution is 2.34. The van der Waals surface area contributed by atoms with Crippen LogP contribution in [0, 0.1) is 0 Å². The second-order valence-electron chi connectivity index (χ2n) is 6.36. The SMILES string of the molecule is COC[C@]1(CC(N)=O)CCCN1Cc1ccc2ncccc2c1. The lowest BCUT2D eigenvalue weighted by atomic mass is 9.92. The van der Waals surface area contributed by atoms with Crippen molar-refractivity contribution in [2.24, 2.45) is 5.73 Å². The van der Waals surface area contributed by atoms with Crippen molar-refractivity contribution >= 4 is 16.8 Å². The fourth-order valence-electron chi connectivity index (χ4n) is 3.69. The Labute approximate surface area is 136 Å². The maximum atomic E-state index is 11.5. The number of primary amides is 1. The first kappa shape index (κ1) is 15.9. The van der Waals surface area contributed by atoms with E-state index in [0.717, 1.165) is 36.8 Å². The van der Waals surface area contributed by atoms with Crippen LogP contribution in [0.25, 0.3) is 10.9 Å². The van der Waals surface area contributed by atoms with Crippen LogP contribution in [-0.2, 0) is 16.1 Å². The molecule has 2 aromatic rings. The quantitative estimate of drug-likeness (QED) is 0.886. The summed E-state index contributed by atoms with van der Waals surface area (Å²) < 4.78 is 5.41. The van der Waals surface area contributed by atoms with Crippen LogP contribution in [0.4, 0.5) is 0 Å². The Balaban J connectivity index is 1.84. The van der Waals surface area contributed by atoms with Gasteiger partial charge in [-0.05, 0) is 43.1 Å². The third-order valence-electron chi connectivity index (χ3n) is 4.70. The maximum Gasteiger partial charge on any atom is 0.219 e. The lowest BCUT2D eigenvalue weighted by Crippen LogP contribution is -2.49. The van der Waals surface area contributed by atoms with E-state index in [9.17, 15) is 4.79 Å². The molecule has 0 spiro atoms. The Morgan fingerprint density at radius 3 is 3.09 bits per heavy atom. The second kappa shape index (κ2) is 6.64. The average molecular weight is 313 g/mol. The summed E-state index contributed by atoms with van der Waals surface area (Å²) in [6.45, 7) is 2.29. The number of rotatable bonds is 6. The van der Waals surface area contributed by atoms with Gasteiger partial charge in [-0.25, -0.2) is 0 Å². The first-order chi connectivity index (χ1) is 11.1. The van der Waals surface area contributed by atoms with Gasteiger partial charge in [0.1, 0.15) is 0 Å². The molecule has 1 aliphatic heterocycles. The van der Waals surface area contributed by atoms with Crippen LogP contribution in [0.2, 0.25) is 0 Å². The number of aromatic nitrogens is 1. The largest absolute Gasteiger partial charge is 0.383 e. The molecular weight excluding hydrogens is 290 g/mol. The van der Waals surface area contributed by atoms with Crippen molar-refractivity contribution in [3.05, 3.63) is 42.1 Å². The van der Waals surface area contributed by atoms with E-state index in [0.29, 0.717) is 13.0 Å². The Hall–Kier alpha value is -1.98. The molecule has 0 aliphatic carbocycles. The first-order valence-electron chi connectivity index (χ1n) is 7.99. The highest BCUT2D eigenvalue weighted by Gasteiger charge is 2.42. The fourth-order valence-corrected chi connectivity index (χ4v) is 3.69. The highest BCUT2D eigenvalue weighted by molar-refractivity contribution is 5.79. The van der Waals surface area contributed by atoms with Gasteiger partial charge in [-0.2, -0.15) is 0 Å². The van der Waals surface area contributed by atoms with Gasteiger partial charge >= 0.3 is 0 Å². The lowest BCUT2D eigenvalue weighted by molar-refractivity contribution is -0.121. The smallest absolute Gasteiger partial charge is 0.219 e. The molecule has 2 N–H and O–H groups in total. The number of benzene rings is 1. The lowest BCUT2D eigenvalue weighted by Gasteiger charge is -2.37. The number of ether oxygens (including phenoxy) is 1. The van der Waals surface area contributed by atoms with Gasteiger partial charge in [0.15, 0.2) is 0 Å². The zero-order chi connectivity index (χ0) is 16.3. The van der Waals surface area contributed by atoms with Crippen molar-refractivity contribution < 1.29 is 9.53 Å². The molecule has 1 atom stereocenters. The second-order valence-corrected chi connectivity index (χ2v) is 6.36. The summed E-state index contributed by atoms with van der Waals surface area (Å²) in [5, 5.41) is 1.14. The Bertz CT molecular complexity index is 703. The normalized spacial score (nSPS) is 21.8. The van der Waals surface area contributed by atoms with Crippen LogP contribution in [0.5, 0.6) is 0 Å². The summed E-state index contributed by atoms with van der Waals surface area (Å²) >= 11 is 0. The summed E-state index contributed by atoms with van der Waals surface area (Å²) in [5.74, 6) is -0.267. The molecule has 3 rings (SSSR count). The molecule has 1 aliphatic rings. The number of carbonyl (C=O) groups is 1. The van der Waals surface area contributed by atoms with Crippen LogP contribution in [0.3, 0.4) is 0 Å². The number of nitrogens with zero attached hydrogens (tertiary/aromatic N) is 2. The minimum Gasteiger partial charge on any atom is -0.383 e. The zero-order valence-electron chi connectivity index (χ0n) is 13.5. The van der Waals surface area contributed by atoms with Crippen LogP contribution in [0.1, 0.15) is 24.8 Å². The summed E-state index contributed by atoms with van der Waals surface area (Å²) in [4.78, 5) is 18.2. The molecule has 1 saturated heterocycles. The Kier molecular flexibility index (Phi) is 4.59. The van der Waals surface area contributed by atoms with E-state index in [1.807, 2.05) is 12.1 Å². The molecular formula is C18H23N3O2. The van der Waals surface area contributed by atoms with Gasteiger partial charge in [0.25, 0.3) is 0 Å². The average Bonchev–Trinajstić information content (AvgIpc) is 2.89. The summed E-state index contributed by atoms with van der Waals surface area (Å²) in [5.41, 5.74) is 7.43. The van der Waals surface area contributed by atoms with E-state index in [1.54, 1.807) is 13.3 Å². The standard InChI is InChI=1S/C18H23N3O2/c1-23-13-18(11-17(19)22)7-3-9-21(18)12-14-5-6-16-15(10-14)4-2-8-20-16/h2,4-6,8,10H,3,7,9,11-13H2,1H3,(H2,19,22)/t18-/m1/s1. The molecule has 5 heteroatoms. The topological polar surface area (TPSA) is 68.5 Å². The summed E-state index contributed by atoms with van der Waals surface area (Å²) in [6, 6.07) is 10.3. The minimum absolute atomic E-state index is 0.267. The van der Waals surface area contributed by atoms with E-state index in [-0.39, 0.29) is 11.4 Å². The van der Waals surface area contributed by atoms with E-state index >= 15 is 0 Å². The van der Waals surface area contributed by atoms with Gasteiger partial charge in [-0.1, -0.05) is 12.1 Å². The van der Waals surface area contributed by atoms with Crippen LogP contribution in [-0.4, -0.2) is 41.6 Å². The third-order valence-corrected chi connectivity index (χ3v) is 4.70. The molecule has 5 nitrogen and oxygen atoms in total. The third kappa shape index (κ3) is 3.35. The van der Waals surface area contributed by atoms with Gasteiger partial charge in [-0.3, -0.25) is 14.7 Å². The number of fused-ring (bicyclic) bond motifs is 1. The first-order valence-corrected chi connectivity index (χ1v) is 7.99. The van der Waals surface area contributed by atoms with E-state index in [1.165, 1.54) is 5.56 Å². The van der Waals surface area contributed by atoms with Gasteiger partial charge in [0.2, 0.25) is 5.91 Å². The number of hydrogen-bond donors (Lipinski definition) is 1. The van der Waals surface area contributed by atoms with Crippen molar-refractivity contribution in [1.82, 2.24) is 9.88 Å². The van der Waals surface area contributed by atoms with Crippen molar-refractivity contribution in [2.45, 2.75) is 31.3 Å². The molecule has 1 fully saturated rings. The molecule has 0 unspecified atom stereocenters. The molecule has 0 radical (unpaired) electrons. The number of pyridine rings is 1. The number of methoxy groups -OCH3 is 1. The molecule has 0 bridgehead atoms. The number of amides is 1. The number of carbonyl (C=O) groups excluding carboxylic acids is 1. The molecule has 23 heavy (non-hydrogen) atoms. The van der Waals surface area contributed by atoms with Crippen LogP contribution >= 0.6 is 0 Å². The molecule has 0 saturated carbocycles. The fraction of sp³-hybridized carbons (Fsp3) is 0.444. The number of likely N-dealkylation sites (tertiary alicyclic amines) is 1. The predicted octanol–water partition coefficient (Wildman–Crippen LogP) is 2.09. The molecule has 2 heterocycles. The van der Waals surface area contributed by atoms with E-state index in [4.69, 9.17) is 10.5 Å². The van der Waals surface area contributed by atoms with Gasteiger partial charge in [0.05, 0.1) is 17.7 Å². The van der Waals surface area contributed by atoms with Crippen molar-refractivity contribution in [1.29, 1.82) is 0 Å². The van der Waals surface area contributed by atoms with E-state index in [2.05, 4.69) is 28.1 Å². The van der Waals surface area contributed by atoms with E-state index < -0.39 is 0 Å². The van der Waals surface area contributed by atoms with Crippen molar-refractivity contribution in [3.63, 3.8) is 0 Å². The van der Waals surface area contributed by atoms with Crippen LogP contribution in [0.15, 0.2) is 36.5 Å². The minimum atomic E-state index is -0.273. The molecule has 122 valence electrons. The number of nitrogens with two attached hydrogens (primary N) is 1. The van der Waals surface area contributed by atoms with Gasteiger partial charge in [0, 0.05) is 31.7 Å². The van der Waals surface area contributed by atoms with Crippen molar-refractivity contribution in [3.8, 4) is 0 Å². The van der Waals surface area contributed by atoms with Gasteiger partial charge < -0.3 is 10.5 Å². The zero-order valence-corrected chi connectivity index (χ0v) is 13.5. The van der Waals surface area contributed by atoms with Crippen molar-refractivity contribution in [2.75, 3.05) is 20.3 Å². The Morgan fingerprint density at radius 2 is 2.30 bits per heavy atom. The molecule has 1 aromatic heterocycles. The molecule has 1 aromatic carbocycles. The summed E-state index contributed by atoms with van der Waals surface area (Å²) in [7, 11) is 1.68. The maximum absolute atomic E-state index is 11.5.